The number of benzene rings is 1. The number of aliphatic hydroxyl groups excluding tert-OH is 1. The van der Waals surface area contributed by atoms with E-state index >= 15 is 0 Å². The molecule has 2 atom stereocenters. The Bertz CT molecular complexity index is 735. The van der Waals surface area contributed by atoms with E-state index in [1.807, 2.05) is 0 Å². The fourth-order valence-electron chi connectivity index (χ4n) is 1.99. The van der Waals surface area contributed by atoms with Crippen molar-refractivity contribution in [2.24, 2.45) is 4.36 Å². The Kier molecular flexibility index (Phi) is 7.97. The van der Waals surface area contributed by atoms with Gasteiger partial charge in [0, 0.05) is 31.4 Å². The first-order valence-corrected chi connectivity index (χ1v) is 10.0. The molecule has 1 aromatic rings. The minimum atomic E-state index is -2.98. The summed E-state index contributed by atoms with van der Waals surface area (Å²) < 4.78 is 26.7. The molecule has 1 amide bonds. The second-order valence-electron chi connectivity index (χ2n) is 6.77. The van der Waals surface area contributed by atoms with Gasteiger partial charge in [0.1, 0.15) is 11.4 Å². The minimum absolute atomic E-state index is 0.0334. The first-order valence-electron chi connectivity index (χ1n) is 7.95. The number of ether oxygens (including phenoxy) is 2. The molecule has 0 heterocycles. The van der Waals surface area contributed by atoms with Gasteiger partial charge >= 0.3 is 6.09 Å². The summed E-state index contributed by atoms with van der Waals surface area (Å²) in [5.41, 5.74) is -0.384. The molecule has 0 aliphatic rings. The lowest BCUT2D eigenvalue weighted by molar-refractivity contribution is -0.991. The fraction of sp³-hybridized carbons (Fsp3) is 0.562. The highest BCUT2D eigenvalue weighted by Gasteiger charge is 2.18. The van der Waals surface area contributed by atoms with E-state index in [-0.39, 0.29) is 30.4 Å². The highest BCUT2D eigenvalue weighted by molar-refractivity contribution is 7.92. The highest BCUT2D eigenvalue weighted by Crippen LogP contribution is 2.21. The summed E-state index contributed by atoms with van der Waals surface area (Å²) in [7, 11) is -2.98. The minimum Gasteiger partial charge on any atom is -0.595 e. The second kappa shape index (κ2) is 9.28. The van der Waals surface area contributed by atoms with Crippen LogP contribution in [-0.4, -0.2) is 45.7 Å². The highest BCUT2D eigenvalue weighted by atomic mass is 32.2. The fourth-order valence-corrected chi connectivity index (χ4v) is 3.19. The first kappa shape index (κ1) is 22.3. The van der Waals surface area contributed by atoms with Crippen LogP contribution in [0.15, 0.2) is 22.6 Å². The van der Waals surface area contributed by atoms with E-state index in [4.69, 9.17) is 14.6 Å². The summed E-state index contributed by atoms with van der Waals surface area (Å²) in [5.74, 6) is 0.143. The topological polar surface area (TPSA) is 133 Å². The Morgan fingerprint density at radius 2 is 2.00 bits per heavy atom. The molecule has 1 aromatic carbocycles. The van der Waals surface area contributed by atoms with Crippen LogP contribution in [0.4, 0.5) is 10.5 Å². The van der Waals surface area contributed by atoms with Gasteiger partial charge in [0.15, 0.2) is 5.69 Å². The van der Waals surface area contributed by atoms with Gasteiger partial charge < -0.3 is 19.8 Å². The van der Waals surface area contributed by atoms with Gasteiger partial charge in [0.2, 0.25) is 0 Å². The molecule has 26 heavy (non-hydrogen) atoms. The molecule has 148 valence electrons. The molecule has 3 N–H and O–H groups in total. The van der Waals surface area contributed by atoms with Crippen LogP contribution < -0.4 is 9.96 Å². The maximum Gasteiger partial charge on any atom is 0.442 e. The van der Waals surface area contributed by atoms with Crippen molar-refractivity contribution in [2.45, 2.75) is 38.5 Å². The van der Waals surface area contributed by atoms with Crippen LogP contribution in [-0.2, 0) is 20.2 Å². The van der Waals surface area contributed by atoms with Crippen molar-refractivity contribution >= 4 is 21.5 Å². The maximum atomic E-state index is 12.6. The number of rotatable bonds is 7. The molecule has 10 heteroatoms. The van der Waals surface area contributed by atoms with Crippen molar-refractivity contribution in [3.8, 4) is 5.75 Å². The van der Waals surface area contributed by atoms with E-state index in [1.165, 1.54) is 24.5 Å². The number of carbonyl (C=O) groups is 1. The largest absolute Gasteiger partial charge is 0.595 e. The first-order chi connectivity index (χ1) is 11.9. The van der Waals surface area contributed by atoms with E-state index in [0.29, 0.717) is 12.0 Å². The number of aliphatic hydroxyl groups is 1. The summed E-state index contributed by atoms with van der Waals surface area (Å²) in [6, 6.07) is 4.23. The van der Waals surface area contributed by atoms with E-state index < -0.39 is 26.6 Å². The molecular formula is C16H26N2O7S. The predicted octanol–water partition coefficient (Wildman–Crippen LogP) is 1.38. The zero-order valence-corrected chi connectivity index (χ0v) is 16.2. The van der Waals surface area contributed by atoms with Crippen LogP contribution in [0, 0.1) is 5.21 Å². The second-order valence-corrected chi connectivity index (χ2v) is 9.16. The van der Waals surface area contributed by atoms with Crippen molar-refractivity contribution in [2.75, 3.05) is 19.5 Å². The van der Waals surface area contributed by atoms with Gasteiger partial charge in [-0.2, -0.15) is 5.23 Å². The van der Waals surface area contributed by atoms with Crippen molar-refractivity contribution in [3.05, 3.63) is 29.0 Å². The average molecular weight is 390 g/mol. The molecule has 0 saturated carbocycles. The van der Waals surface area contributed by atoms with Crippen LogP contribution in [0.25, 0.3) is 0 Å². The molecular weight excluding hydrogens is 364 g/mol. The summed E-state index contributed by atoms with van der Waals surface area (Å²) in [5, 5.41) is 28.1. The summed E-state index contributed by atoms with van der Waals surface area (Å²) in [4.78, 5) is 11.8. The molecule has 0 aromatic heterocycles. The molecule has 0 bridgehead atoms. The lowest BCUT2D eigenvalue weighted by Gasteiger charge is -2.18. The van der Waals surface area contributed by atoms with Crippen LogP contribution in [0.5, 0.6) is 5.75 Å². The lowest BCUT2D eigenvalue weighted by atomic mass is 10.2. The molecule has 0 aliphatic heterocycles. The van der Waals surface area contributed by atoms with Gasteiger partial charge in [-0.3, -0.25) is 0 Å². The van der Waals surface area contributed by atoms with Gasteiger partial charge in [0.05, 0.1) is 22.1 Å². The number of nitrogens with zero attached hydrogens (tertiary/aromatic N) is 1. The van der Waals surface area contributed by atoms with Crippen molar-refractivity contribution in [3.63, 3.8) is 0 Å². The predicted molar refractivity (Wildman–Crippen MR) is 95.8 cm³/mol. The van der Waals surface area contributed by atoms with Crippen LogP contribution in [0.3, 0.4) is 0 Å². The van der Waals surface area contributed by atoms with E-state index in [1.54, 1.807) is 20.8 Å². The Hall–Kier alpha value is -1.72. The Morgan fingerprint density at radius 1 is 1.35 bits per heavy atom. The van der Waals surface area contributed by atoms with Gasteiger partial charge in [-0.25, -0.2) is 14.2 Å². The molecule has 0 radical (unpaired) electrons. The summed E-state index contributed by atoms with van der Waals surface area (Å²) >= 11 is 0. The van der Waals surface area contributed by atoms with Gasteiger partial charge in [-0.05, 0) is 32.4 Å². The zero-order chi connectivity index (χ0) is 20.0. The zero-order valence-electron chi connectivity index (χ0n) is 15.4. The molecule has 0 spiro atoms. The third kappa shape index (κ3) is 8.59. The van der Waals surface area contributed by atoms with Crippen LogP contribution in [0.1, 0.15) is 32.8 Å². The lowest BCUT2D eigenvalue weighted by Crippen LogP contribution is -2.99. The standard InChI is InChI=1S/C16H26N2O7S/c1-16(2,3)25-15(20)17-26(4,23)11-12-8-13(18(21)22)10-14(9-12)24-7-5-6-19/h8-10,18-19,21H,5-7,11H2,1-4H3. The van der Waals surface area contributed by atoms with E-state index in [0.717, 1.165) is 0 Å². The van der Waals surface area contributed by atoms with E-state index in [9.17, 15) is 19.4 Å². The SMILES string of the molecule is CC(C)(C)OC(=O)N=S(C)(=O)Cc1cc(OCCCO)cc([NH+]([O-])O)c1. The number of hydrogen-bond donors (Lipinski definition) is 3. The molecule has 9 nitrogen and oxygen atoms in total. The molecule has 1 rings (SSSR count). The number of nitrogens with one attached hydrogen (secondary N) is 1. The summed E-state index contributed by atoms with van der Waals surface area (Å²) in [6.07, 6.45) is 0.765. The van der Waals surface area contributed by atoms with Crippen LogP contribution in [0.2, 0.25) is 0 Å². The van der Waals surface area contributed by atoms with Gasteiger partial charge in [-0.1, -0.05) is 0 Å². The third-order valence-electron chi connectivity index (χ3n) is 2.88. The van der Waals surface area contributed by atoms with Crippen LogP contribution >= 0.6 is 0 Å². The number of carbonyl (C=O) groups excluding carboxylic acids is 1. The average Bonchev–Trinajstić information content (AvgIpc) is 2.43. The summed E-state index contributed by atoms with van der Waals surface area (Å²) in [6.45, 7) is 5.17. The maximum absolute atomic E-state index is 12.6. The number of hydrogen-bond acceptors (Lipinski definition) is 7. The Morgan fingerprint density at radius 3 is 2.54 bits per heavy atom. The number of quaternary nitrogens is 1. The quantitative estimate of drug-likeness (QED) is 0.473. The number of amides is 1. The Labute approximate surface area is 153 Å². The smallest absolute Gasteiger partial charge is 0.442 e. The molecule has 0 fully saturated rings. The normalized spacial score (nSPS) is 15.0. The monoisotopic (exact) mass is 390 g/mol. The van der Waals surface area contributed by atoms with Gasteiger partial charge in [0.25, 0.3) is 0 Å². The van der Waals surface area contributed by atoms with Gasteiger partial charge in [-0.15, -0.1) is 4.36 Å². The Balaban J connectivity index is 3.05. The van der Waals surface area contributed by atoms with Crippen molar-refractivity contribution in [1.29, 1.82) is 0 Å². The third-order valence-corrected chi connectivity index (χ3v) is 4.28. The molecule has 0 aliphatic carbocycles. The van der Waals surface area contributed by atoms with Crippen molar-refractivity contribution < 1.29 is 34.0 Å². The molecule has 0 saturated heterocycles. The van der Waals surface area contributed by atoms with Crippen molar-refractivity contribution in [1.82, 2.24) is 0 Å². The van der Waals surface area contributed by atoms with E-state index in [2.05, 4.69) is 4.36 Å². The molecule has 2 unspecified atom stereocenters.